The van der Waals surface area contributed by atoms with E-state index in [9.17, 15) is 5.11 Å². The van der Waals surface area contributed by atoms with Crippen molar-refractivity contribution in [3.63, 3.8) is 0 Å². The van der Waals surface area contributed by atoms with Gasteiger partial charge in [0, 0.05) is 19.9 Å². The van der Waals surface area contributed by atoms with Gasteiger partial charge in [-0.1, -0.05) is 12.1 Å². The minimum Gasteiger partial charge on any atom is -0.394 e. The molecule has 0 saturated heterocycles. The zero-order valence-electron chi connectivity index (χ0n) is 10.4. The fourth-order valence-corrected chi connectivity index (χ4v) is 3.37. The molecule has 2 N–H and O–H groups in total. The number of hydrogen-bond acceptors (Lipinski definition) is 3. The Bertz CT molecular complexity index is 538. The van der Waals surface area contributed by atoms with Gasteiger partial charge in [-0.2, -0.15) is 0 Å². The minimum atomic E-state index is -0.0614. The van der Waals surface area contributed by atoms with E-state index in [1.165, 1.54) is 15.3 Å². The summed E-state index contributed by atoms with van der Waals surface area (Å²) in [5, 5.41) is 13.0. The van der Waals surface area contributed by atoms with E-state index in [0.717, 1.165) is 10.2 Å². The molecule has 0 amide bonds. The predicted octanol–water partition coefficient (Wildman–Crippen LogP) is 4.27. The van der Waals surface area contributed by atoms with Gasteiger partial charge in [-0.15, -0.1) is 11.3 Å². The van der Waals surface area contributed by atoms with Crippen molar-refractivity contribution in [3.05, 3.63) is 50.1 Å². The lowest BCUT2D eigenvalue weighted by Gasteiger charge is -2.18. The summed E-state index contributed by atoms with van der Waals surface area (Å²) in [5.41, 5.74) is 2.18. The summed E-state index contributed by atoms with van der Waals surface area (Å²) < 4.78 is 1.01. The van der Waals surface area contributed by atoms with E-state index in [2.05, 4.69) is 41.2 Å². The molecule has 0 aliphatic carbocycles. The van der Waals surface area contributed by atoms with Crippen LogP contribution in [-0.2, 0) is 0 Å². The molecule has 0 fully saturated rings. The van der Waals surface area contributed by atoms with E-state index >= 15 is 0 Å². The third-order valence-electron chi connectivity index (χ3n) is 2.84. The van der Waals surface area contributed by atoms with E-state index in [-0.39, 0.29) is 12.6 Å². The van der Waals surface area contributed by atoms with Gasteiger partial charge in [0.15, 0.2) is 0 Å². The molecule has 2 rings (SSSR count). The van der Waals surface area contributed by atoms with Crippen LogP contribution in [0.2, 0.25) is 0 Å². The number of aliphatic hydroxyl groups is 1. The lowest BCUT2D eigenvalue weighted by Crippen LogP contribution is -2.15. The lowest BCUT2D eigenvalue weighted by molar-refractivity contribution is 0.276. The molecular weight excluding hydrogens is 310 g/mol. The van der Waals surface area contributed by atoms with Crippen LogP contribution in [0.5, 0.6) is 0 Å². The fraction of sp³-hybridized carbons (Fsp3) is 0.286. The van der Waals surface area contributed by atoms with Crippen LogP contribution in [0.15, 0.2) is 34.8 Å². The first kappa shape index (κ1) is 13.6. The van der Waals surface area contributed by atoms with E-state index < -0.39 is 0 Å². The first-order valence-corrected chi connectivity index (χ1v) is 7.41. The zero-order chi connectivity index (χ0) is 13.1. The molecule has 0 aliphatic heterocycles. The highest BCUT2D eigenvalue weighted by Crippen LogP contribution is 2.31. The summed E-state index contributed by atoms with van der Waals surface area (Å²) >= 11 is 5.27. The topological polar surface area (TPSA) is 32.3 Å². The molecular formula is C14H16BrNOS. The van der Waals surface area contributed by atoms with Gasteiger partial charge in [-0.25, -0.2) is 0 Å². The number of aryl methyl sites for hydroxylation is 2. The average molecular weight is 326 g/mol. The van der Waals surface area contributed by atoms with E-state index in [4.69, 9.17) is 0 Å². The molecule has 2 aromatic rings. The summed E-state index contributed by atoms with van der Waals surface area (Å²) in [5.74, 6) is 0. The van der Waals surface area contributed by atoms with Crippen molar-refractivity contribution >= 4 is 33.0 Å². The molecule has 2 nitrogen and oxygen atoms in total. The summed E-state index contributed by atoms with van der Waals surface area (Å²) in [4.78, 5) is 2.53. The van der Waals surface area contributed by atoms with Crippen LogP contribution in [0.1, 0.15) is 21.4 Å². The van der Waals surface area contributed by atoms with Crippen molar-refractivity contribution in [2.75, 3.05) is 11.9 Å². The van der Waals surface area contributed by atoms with Gasteiger partial charge < -0.3 is 10.4 Å². The maximum absolute atomic E-state index is 9.59. The Labute approximate surface area is 120 Å². The van der Waals surface area contributed by atoms with Crippen LogP contribution in [0.3, 0.4) is 0 Å². The summed E-state index contributed by atoms with van der Waals surface area (Å²) in [6, 6.07) is 10.0. The number of benzene rings is 1. The molecule has 1 unspecified atom stereocenters. The number of hydrogen-bond donors (Lipinski definition) is 2. The molecule has 0 saturated carbocycles. The van der Waals surface area contributed by atoms with Crippen LogP contribution in [0.4, 0.5) is 5.69 Å². The second-order valence-electron chi connectivity index (χ2n) is 4.23. The standard InChI is InChI=1S/C14H16BrNOS/c1-9-7-11(10(2)18-9)14(8-17)16-13-6-4-3-5-12(13)15/h3-7,14,16-17H,8H2,1-2H3. The van der Waals surface area contributed by atoms with Gasteiger partial charge in [0.05, 0.1) is 12.6 Å². The average Bonchev–Trinajstić information content (AvgIpc) is 2.67. The molecule has 1 heterocycles. The van der Waals surface area contributed by atoms with Gasteiger partial charge in [-0.05, 0) is 53.5 Å². The van der Waals surface area contributed by atoms with Gasteiger partial charge in [0.2, 0.25) is 0 Å². The first-order valence-electron chi connectivity index (χ1n) is 5.80. The molecule has 0 bridgehead atoms. The molecule has 1 aromatic heterocycles. The molecule has 1 aromatic carbocycles. The van der Waals surface area contributed by atoms with Crippen molar-refractivity contribution in [2.45, 2.75) is 19.9 Å². The second-order valence-corrected chi connectivity index (χ2v) is 6.54. The smallest absolute Gasteiger partial charge is 0.0756 e. The van der Waals surface area contributed by atoms with Crippen molar-refractivity contribution in [1.29, 1.82) is 0 Å². The first-order chi connectivity index (χ1) is 8.61. The van der Waals surface area contributed by atoms with E-state index in [1.807, 2.05) is 24.3 Å². The molecule has 1 atom stereocenters. The van der Waals surface area contributed by atoms with Crippen molar-refractivity contribution in [1.82, 2.24) is 0 Å². The Morgan fingerprint density at radius 2 is 2.06 bits per heavy atom. The summed E-state index contributed by atoms with van der Waals surface area (Å²) in [6.45, 7) is 4.27. The largest absolute Gasteiger partial charge is 0.394 e. The summed E-state index contributed by atoms with van der Waals surface area (Å²) in [6.07, 6.45) is 0. The summed E-state index contributed by atoms with van der Waals surface area (Å²) in [7, 11) is 0. The minimum absolute atomic E-state index is 0.0614. The Hall–Kier alpha value is -0.840. The van der Waals surface area contributed by atoms with Gasteiger partial charge >= 0.3 is 0 Å². The van der Waals surface area contributed by atoms with Gasteiger partial charge in [0.1, 0.15) is 0 Å². The molecule has 18 heavy (non-hydrogen) atoms. The molecule has 96 valence electrons. The predicted molar refractivity (Wildman–Crippen MR) is 81.4 cm³/mol. The quantitative estimate of drug-likeness (QED) is 0.879. The number of anilines is 1. The maximum Gasteiger partial charge on any atom is 0.0756 e. The van der Waals surface area contributed by atoms with Crippen molar-refractivity contribution in [2.24, 2.45) is 0 Å². The van der Waals surface area contributed by atoms with Crippen LogP contribution < -0.4 is 5.32 Å². The van der Waals surface area contributed by atoms with Crippen LogP contribution in [0, 0.1) is 13.8 Å². The van der Waals surface area contributed by atoms with Crippen LogP contribution in [0.25, 0.3) is 0 Å². The van der Waals surface area contributed by atoms with Gasteiger partial charge in [-0.3, -0.25) is 0 Å². The number of aliphatic hydroxyl groups excluding tert-OH is 1. The Morgan fingerprint density at radius 1 is 1.33 bits per heavy atom. The van der Waals surface area contributed by atoms with Crippen molar-refractivity contribution < 1.29 is 5.11 Å². The number of nitrogens with one attached hydrogen (secondary N) is 1. The third-order valence-corrected chi connectivity index (χ3v) is 4.51. The Balaban J connectivity index is 2.25. The number of rotatable bonds is 4. The highest BCUT2D eigenvalue weighted by atomic mass is 79.9. The highest BCUT2D eigenvalue weighted by Gasteiger charge is 2.15. The number of para-hydroxylation sites is 1. The van der Waals surface area contributed by atoms with E-state index in [0.29, 0.717) is 0 Å². The fourth-order valence-electron chi connectivity index (χ4n) is 1.98. The van der Waals surface area contributed by atoms with Crippen molar-refractivity contribution in [3.8, 4) is 0 Å². The molecule has 0 spiro atoms. The highest BCUT2D eigenvalue weighted by molar-refractivity contribution is 9.10. The molecule has 0 radical (unpaired) electrons. The lowest BCUT2D eigenvalue weighted by atomic mass is 10.1. The van der Waals surface area contributed by atoms with E-state index in [1.54, 1.807) is 11.3 Å². The zero-order valence-corrected chi connectivity index (χ0v) is 12.8. The number of halogens is 1. The SMILES string of the molecule is Cc1cc(C(CO)Nc2ccccc2Br)c(C)s1. The molecule has 4 heteroatoms. The van der Waals surface area contributed by atoms with Crippen LogP contribution in [-0.4, -0.2) is 11.7 Å². The second kappa shape index (κ2) is 5.87. The van der Waals surface area contributed by atoms with Crippen LogP contribution >= 0.6 is 27.3 Å². The maximum atomic E-state index is 9.59. The third kappa shape index (κ3) is 2.94. The molecule has 0 aliphatic rings. The monoisotopic (exact) mass is 325 g/mol. The normalized spacial score (nSPS) is 12.4. The Kier molecular flexibility index (Phi) is 4.43. The van der Waals surface area contributed by atoms with Gasteiger partial charge in [0.25, 0.3) is 0 Å². The Morgan fingerprint density at radius 3 is 2.61 bits per heavy atom. The number of thiophene rings is 1.